The van der Waals surface area contributed by atoms with Gasteiger partial charge in [-0.1, -0.05) is 0 Å². The maximum absolute atomic E-state index is 12.4. The summed E-state index contributed by atoms with van der Waals surface area (Å²) in [4.78, 5) is 14.2. The van der Waals surface area contributed by atoms with Gasteiger partial charge in [0, 0.05) is 6.04 Å². The minimum atomic E-state index is -4.39. The normalized spacial score (nSPS) is 19.1. The number of piperidine rings is 1. The highest BCUT2D eigenvalue weighted by Crippen LogP contribution is 2.23. The molecule has 0 unspecified atom stereocenters. The number of hydrogen-bond donors (Lipinski definition) is 0. The largest absolute Gasteiger partial charge is 0.453 e. The van der Waals surface area contributed by atoms with E-state index in [0.29, 0.717) is 25.9 Å². The number of nitrogens with zero attached hydrogens (tertiary/aromatic N) is 2. The number of rotatable bonds is 2. The number of carbonyl (C=O) groups is 1. The molecule has 0 spiro atoms. The van der Waals surface area contributed by atoms with Crippen LogP contribution in [0.25, 0.3) is 0 Å². The number of ether oxygens (including phenoxy) is 1. The zero-order valence-electron chi connectivity index (χ0n) is 9.96. The first-order valence-electron chi connectivity index (χ1n) is 5.43. The Bertz CT molecular complexity index is 263. The van der Waals surface area contributed by atoms with Crippen molar-refractivity contribution in [3.8, 4) is 0 Å². The monoisotopic (exact) mass is 254 g/mol. The molecule has 1 saturated heterocycles. The average molecular weight is 254 g/mol. The molecular weight excluding hydrogens is 237 g/mol. The molecule has 100 valence electrons. The molecule has 0 aromatic heterocycles. The SMILES string of the molecule is COC(=O)N(CC(F)(F)F)C1CCN(C)CC1. The van der Waals surface area contributed by atoms with Gasteiger partial charge >= 0.3 is 12.3 Å². The zero-order valence-corrected chi connectivity index (χ0v) is 9.96. The van der Waals surface area contributed by atoms with E-state index < -0.39 is 18.8 Å². The van der Waals surface area contributed by atoms with Gasteiger partial charge < -0.3 is 9.64 Å². The Morgan fingerprint density at radius 3 is 2.35 bits per heavy atom. The maximum atomic E-state index is 12.4. The Hall–Kier alpha value is -0.980. The predicted octanol–water partition coefficient (Wildman–Crippen LogP) is 1.71. The van der Waals surface area contributed by atoms with E-state index in [1.165, 1.54) is 0 Å². The van der Waals surface area contributed by atoms with Crippen molar-refractivity contribution in [2.45, 2.75) is 25.1 Å². The summed E-state index contributed by atoms with van der Waals surface area (Å²) < 4.78 is 41.5. The van der Waals surface area contributed by atoms with Gasteiger partial charge in [-0.3, -0.25) is 4.90 Å². The van der Waals surface area contributed by atoms with E-state index in [2.05, 4.69) is 4.74 Å². The van der Waals surface area contributed by atoms with Gasteiger partial charge in [-0.25, -0.2) is 4.79 Å². The molecule has 7 heteroatoms. The number of alkyl halides is 3. The maximum Gasteiger partial charge on any atom is 0.410 e. The first-order valence-corrected chi connectivity index (χ1v) is 5.43. The molecule has 4 nitrogen and oxygen atoms in total. The van der Waals surface area contributed by atoms with Gasteiger partial charge in [0.05, 0.1) is 7.11 Å². The fourth-order valence-corrected chi connectivity index (χ4v) is 1.96. The van der Waals surface area contributed by atoms with Crippen molar-refractivity contribution in [2.75, 3.05) is 33.8 Å². The number of hydrogen-bond acceptors (Lipinski definition) is 3. The van der Waals surface area contributed by atoms with Gasteiger partial charge in [-0.15, -0.1) is 0 Å². The van der Waals surface area contributed by atoms with Crippen molar-refractivity contribution in [2.24, 2.45) is 0 Å². The Morgan fingerprint density at radius 2 is 1.94 bits per heavy atom. The van der Waals surface area contributed by atoms with Gasteiger partial charge in [0.2, 0.25) is 0 Å². The number of halogens is 3. The fraction of sp³-hybridized carbons (Fsp3) is 0.900. The Morgan fingerprint density at radius 1 is 1.41 bits per heavy atom. The topological polar surface area (TPSA) is 32.8 Å². The lowest BCUT2D eigenvalue weighted by atomic mass is 10.0. The van der Waals surface area contributed by atoms with Crippen molar-refractivity contribution < 1.29 is 22.7 Å². The van der Waals surface area contributed by atoms with Gasteiger partial charge in [0.1, 0.15) is 6.54 Å². The molecular formula is C10H17F3N2O2. The van der Waals surface area contributed by atoms with Crippen molar-refractivity contribution in [3.05, 3.63) is 0 Å². The molecule has 0 radical (unpaired) electrons. The van der Waals surface area contributed by atoms with E-state index in [-0.39, 0.29) is 6.04 Å². The molecule has 0 aromatic rings. The van der Waals surface area contributed by atoms with E-state index in [1.807, 2.05) is 11.9 Å². The van der Waals surface area contributed by atoms with Crippen LogP contribution in [0.2, 0.25) is 0 Å². The van der Waals surface area contributed by atoms with Crippen molar-refractivity contribution >= 4 is 6.09 Å². The summed E-state index contributed by atoms with van der Waals surface area (Å²) in [5.74, 6) is 0. The molecule has 0 bridgehead atoms. The molecule has 1 amide bonds. The molecule has 1 aliphatic heterocycles. The second kappa shape index (κ2) is 5.57. The average Bonchev–Trinajstić information content (AvgIpc) is 2.25. The van der Waals surface area contributed by atoms with Crippen molar-refractivity contribution in [3.63, 3.8) is 0 Å². The van der Waals surface area contributed by atoms with Crippen molar-refractivity contribution in [1.82, 2.24) is 9.80 Å². The van der Waals surface area contributed by atoms with Crippen LogP contribution in [-0.4, -0.2) is 61.9 Å². The Balaban J connectivity index is 2.66. The van der Waals surface area contributed by atoms with Crippen LogP contribution in [-0.2, 0) is 4.74 Å². The molecule has 0 atom stereocenters. The minimum Gasteiger partial charge on any atom is -0.453 e. The third kappa shape index (κ3) is 4.41. The van der Waals surface area contributed by atoms with Crippen molar-refractivity contribution in [1.29, 1.82) is 0 Å². The third-order valence-electron chi connectivity index (χ3n) is 2.89. The van der Waals surface area contributed by atoms with E-state index in [1.54, 1.807) is 0 Å². The predicted molar refractivity (Wildman–Crippen MR) is 55.7 cm³/mol. The van der Waals surface area contributed by atoms with Crippen LogP contribution < -0.4 is 0 Å². The van der Waals surface area contributed by atoms with Crippen LogP contribution in [0.1, 0.15) is 12.8 Å². The van der Waals surface area contributed by atoms with Crippen LogP contribution in [0.4, 0.5) is 18.0 Å². The number of carbonyl (C=O) groups excluding carboxylic acids is 1. The first-order chi connectivity index (χ1) is 7.83. The molecule has 0 saturated carbocycles. The lowest BCUT2D eigenvalue weighted by molar-refractivity contribution is -0.148. The smallest absolute Gasteiger partial charge is 0.410 e. The molecule has 0 aromatic carbocycles. The molecule has 1 rings (SSSR count). The lowest BCUT2D eigenvalue weighted by Crippen LogP contribution is -2.49. The van der Waals surface area contributed by atoms with Gasteiger partial charge in [-0.05, 0) is 33.0 Å². The highest BCUT2D eigenvalue weighted by Gasteiger charge is 2.37. The number of likely N-dealkylation sites (tertiary alicyclic amines) is 1. The molecule has 17 heavy (non-hydrogen) atoms. The summed E-state index contributed by atoms with van der Waals surface area (Å²) in [6.07, 6.45) is -4.21. The molecule has 1 heterocycles. The standard InChI is InChI=1S/C10H17F3N2O2/c1-14-5-3-8(4-6-14)15(9(16)17-2)7-10(11,12)13/h8H,3-7H2,1-2H3. The summed E-state index contributed by atoms with van der Waals surface area (Å²) in [6, 6.07) is -0.389. The Kier molecular flexibility index (Phi) is 4.62. The third-order valence-corrected chi connectivity index (χ3v) is 2.89. The summed E-state index contributed by atoms with van der Waals surface area (Å²) in [7, 11) is 3.00. The summed E-state index contributed by atoms with van der Waals surface area (Å²) >= 11 is 0. The number of amides is 1. The van der Waals surface area contributed by atoms with Crippen LogP contribution in [0.3, 0.4) is 0 Å². The molecule has 0 N–H and O–H groups in total. The number of methoxy groups -OCH3 is 1. The highest BCUT2D eigenvalue weighted by molar-refractivity contribution is 5.67. The summed E-state index contributed by atoms with van der Waals surface area (Å²) in [6.45, 7) is 0.139. The molecule has 1 fully saturated rings. The van der Waals surface area contributed by atoms with Crippen LogP contribution in [0.5, 0.6) is 0 Å². The molecule has 1 aliphatic rings. The van der Waals surface area contributed by atoms with Crippen LogP contribution in [0, 0.1) is 0 Å². The van der Waals surface area contributed by atoms with Gasteiger partial charge in [-0.2, -0.15) is 13.2 Å². The second-order valence-corrected chi connectivity index (χ2v) is 4.25. The summed E-state index contributed by atoms with van der Waals surface area (Å²) in [5.41, 5.74) is 0. The van der Waals surface area contributed by atoms with Crippen LogP contribution in [0.15, 0.2) is 0 Å². The van der Waals surface area contributed by atoms with E-state index >= 15 is 0 Å². The molecule has 0 aliphatic carbocycles. The highest BCUT2D eigenvalue weighted by atomic mass is 19.4. The van der Waals surface area contributed by atoms with E-state index in [4.69, 9.17) is 0 Å². The van der Waals surface area contributed by atoms with E-state index in [9.17, 15) is 18.0 Å². The lowest BCUT2D eigenvalue weighted by Gasteiger charge is -2.36. The van der Waals surface area contributed by atoms with Crippen LogP contribution >= 0.6 is 0 Å². The minimum absolute atomic E-state index is 0.389. The van der Waals surface area contributed by atoms with Gasteiger partial charge in [0.25, 0.3) is 0 Å². The van der Waals surface area contributed by atoms with Gasteiger partial charge in [0.15, 0.2) is 0 Å². The quantitative estimate of drug-likeness (QED) is 0.752. The zero-order chi connectivity index (χ0) is 13.1. The van der Waals surface area contributed by atoms with E-state index in [0.717, 1.165) is 12.0 Å². The summed E-state index contributed by atoms with van der Waals surface area (Å²) in [5, 5.41) is 0. The first kappa shape index (κ1) is 14.1. The Labute approximate surface area is 98.3 Å². The second-order valence-electron chi connectivity index (χ2n) is 4.25. The fourth-order valence-electron chi connectivity index (χ4n) is 1.96.